The Morgan fingerprint density at radius 3 is 2.85 bits per heavy atom. The summed E-state index contributed by atoms with van der Waals surface area (Å²) in [5, 5.41) is 12.0. The Morgan fingerprint density at radius 2 is 2.15 bits per heavy atom. The van der Waals surface area contributed by atoms with Gasteiger partial charge in [0.15, 0.2) is 0 Å². The molecule has 0 radical (unpaired) electrons. The number of carbonyl (C=O) groups is 2. The van der Waals surface area contributed by atoms with Crippen molar-refractivity contribution < 1.29 is 19.4 Å². The van der Waals surface area contributed by atoms with Gasteiger partial charge in [-0.25, -0.2) is 0 Å². The molecule has 0 bridgehead atoms. The highest BCUT2D eigenvalue weighted by Gasteiger charge is 2.26. The van der Waals surface area contributed by atoms with Gasteiger partial charge in [0.1, 0.15) is 5.75 Å². The van der Waals surface area contributed by atoms with Gasteiger partial charge in [0.25, 0.3) is 0 Å². The highest BCUT2D eigenvalue weighted by Crippen LogP contribution is 2.18. The van der Waals surface area contributed by atoms with E-state index in [0.29, 0.717) is 6.54 Å². The third kappa shape index (κ3) is 6.52. The first kappa shape index (κ1) is 21.2. The second-order valence-electron chi connectivity index (χ2n) is 7.17. The fourth-order valence-electron chi connectivity index (χ4n) is 3.56. The summed E-state index contributed by atoms with van der Waals surface area (Å²) in [4.78, 5) is 27.6. The van der Waals surface area contributed by atoms with Gasteiger partial charge < -0.3 is 15.2 Å². The topological polar surface area (TPSA) is 82.1 Å². The molecule has 27 heavy (non-hydrogen) atoms. The van der Waals surface area contributed by atoms with Crippen LogP contribution < -0.4 is 10.1 Å². The summed E-state index contributed by atoms with van der Waals surface area (Å²) in [6, 6.07) is 7.70. The molecule has 1 heterocycles. The number of aliphatic carboxylic acids is 1. The minimum absolute atomic E-state index is 0.00941. The van der Waals surface area contributed by atoms with Crippen LogP contribution in [0.25, 0.3) is 0 Å². The van der Waals surface area contributed by atoms with Crippen molar-refractivity contribution in [3.05, 3.63) is 29.8 Å². The maximum absolute atomic E-state index is 12.6. The van der Waals surface area contributed by atoms with Crippen molar-refractivity contribution >= 4 is 11.9 Å². The minimum Gasteiger partial charge on any atom is -0.497 e. The zero-order valence-electron chi connectivity index (χ0n) is 16.5. The van der Waals surface area contributed by atoms with Gasteiger partial charge in [0.2, 0.25) is 5.91 Å². The predicted octanol–water partition coefficient (Wildman–Crippen LogP) is 1.57. The van der Waals surface area contributed by atoms with Gasteiger partial charge in [0.05, 0.1) is 19.7 Å². The molecule has 1 aliphatic heterocycles. The fourth-order valence-corrected chi connectivity index (χ4v) is 3.56. The zero-order valence-corrected chi connectivity index (χ0v) is 16.5. The first-order valence-corrected chi connectivity index (χ1v) is 9.47. The first-order valence-electron chi connectivity index (χ1n) is 9.47. The molecule has 0 aliphatic carbocycles. The number of hydrogen-bond acceptors (Lipinski definition) is 5. The van der Waals surface area contributed by atoms with Crippen LogP contribution in [-0.2, 0) is 16.1 Å². The van der Waals surface area contributed by atoms with Crippen molar-refractivity contribution in [1.29, 1.82) is 0 Å². The highest BCUT2D eigenvalue weighted by atomic mass is 16.5. The van der Waals surface area contributed by atoms with Gasteiger partial charge in [0, 0.05) is 19.1 Å². The Hall–Kier alpha value is -2.12. The maximum atomic E-state index is 12.6. The van der Waals surface area contributed by atoms with Crippen LogP contribution >= 0.6 is 0 Å². The number of likely N-dealkylation sites (tertiary alicyclic amines) is 1. The van der Waals surface area contributed by atoms with Crippen LogP contribution in [-0.4, -0.2) is 72.7 Å². The number of carboxylic acids is 1. The molecule has 1 aromatic rings. The molecule has 7 nitrogen and oxygen atoms in total. The molecular formula is C20H31N3O4. The van der Waals surface area contributed by atoms with Gasteiger partial charge in [-0.2, -0.15) is 0 Å². The van der Waals surface area contributed by atoms with E-state index in [9.17, 15) is 9.59 Å². The van der Waals surface area contributed by atoms with Crippen molar-refractivity contribution in [3.63, 3.8) is 0 Å². The predicted molar refractivity (Wildman–Crippen MR) is 104 cm³/mol. The van der Waals surface area contributed by atoms with Crippen LogP contribution in [0, 0.1) is 0 Å². The quantitative estimate of drug-likeness (QED) is 0.716. The summed E-state index contributed by atoms with van der Waals surface area (Å²) in [5.41, 5.74) is 1.00. The standard InChI is InChI=1S/C20H31N3O4/c1-15(20(26)21-13-16-6-4-8-18(12-16)27-3)23-10-5-7-17(9-11-23)22(2)14-19(24)25/h4,6,8,12,15,17H,5,7,9-11,13-14H2,1-3H3,(H,21,26)(H,24,25). The number of benzene rings is 1. The Balaban J connectivity index is 1.84. The van der Waals surface area contributed by atoms with E-state index in [1.165, 1.54) is 0 Å². The number of carboxylic acid groups (broad SMARTS) is 1. The molecule has 1 saturated heterocycles. The van der Waals surface area contributed by atoms with E-state index in [1.807, 2.05) is 43.1 Å². The number of methoxy groups -OCH3 is 1. The number of hydrogen-bond donors (Lipinski definition) is 2. The van der Waals surface area contributed by atoms with Crippen LogP contribution in [0.15, 0.2) is 24.3 Å². The van der Waals surface area contributed by atoms with E-state index >= 15 is 0 Å². The van der Waals surface area contributed by atoms with E-state index < -0.39 is 5.97 Å². The Bertz CT molecular complexity index is 637. The van der Waals surface area contributed by atoms with Crippen molar-refractivity contribution in [1.82, 2.24) is 15.1 Å². The van der Waals surface area contributed by atoms with E-state index in [1.54, 1.807) is 7.11 Å². The molecule has 0 spiro atoms. The molecule has 2 N–H and O–H groups in total. The molecule has 1 amide bonds. The lowest BCUT2D eigenvalue weighted by atomic mass is 10.1. The average Bonchev–Trinajstić information content (AvgIpc) is 2.91. The summed E-state index contributed by atoms with van der Waals surface area (Å²) in [5.74, 6) is -0.0158. The van der Waals surface area contributed by atoms with E-state index in [0.717, 1.165) is 43.7 Å². The van der Waals surface area contributed by atoms with E-state index in [4.69, 9.17) is 9.84 Å². The lowest BCUT2D eigenvalue weighted by Gasteiger charge is -2.28. The first-order chi connectivity index (χ1) is 12.9. The van der Waals surface area contributed by atoms with Gasteiger partial charge in [-0.15, -0.1) is 0 Å². The third-order valence-corrected chi connectivity index (χ3v) is 5.27. The lowest BCUT2D eigenvalue weighted by Crippen LogP contribution is -2.45. The van der Waals surface area contributed by atoms with Gasteiger partial charge in [-0.3, -0.25) is 19.4 Å². The van der Waals surface area contributed by atoms with Crippen LogP contribution in [0.5, 0.6) is 5.75 Å². The normalized spacial score (nSPS) is 19.3. The van der Waals surface area contributed by atoms with Gasteiger partial charge in [-0.05, 0) is 57.5 Å². The number of amides is 1. The highest BCUT2D eigenvalue weighted by molar-refractivity contribution is 5.81. The second-order valence-corrected chi connectivity index (χ2v) is 7.17. The minimum atomic E-state index is -0.802. The van der Waals surface area contributed by atoms with Crippen molar-refractivity contribution in [2.75, 3.05) is 33.8 Å². The molecule has 7 heteroatoms. The second kappa shape index (κ2) is 10.3. The average molecular weight is 377 g/mol. The molecule has 0 aromatic heterocycles. The van der Waals surface area contributed by atoms with E-state index in [-0.39, 0.29) is 24.5 Å². The molecule has 2 atom stereocenters. The van der Waals surface area contributed by atoms with Crippen LogP contribution in [0.3, 0.4) is 0 Å². The third-order valence-electron chi connectivity index (χ3n) is 5.27. The largest absolute Gasteiger partial charge is 0.497 e. The van der Waals surface area contributed by atoms with Crippen LogP contribution in [0.4, 0.5) is 0 Å². The molecule has 1 aliphatic rings. The summed E-state index contributed by atoms with van der Waals surface area (Å²) in [6.45, 7) is 4.11. The molecule has 1 aromatic carbocycles. The van der Waals surface area contributed by atoms with Gasteiger partial charge >= 0.3 is 5.97 Å². The van der Waals surface area contributed by atoms with Crippen LogP contribution in [0.1, 0.15) is 31.7 Å². The molecule has 2 unspecified atom stereocenters. The molecular weight excluding hydrogens is 346 g/mol. The number of carbonyl (C=O) groups excluding carboxylic acids is 1. The van der Waals surface area contributed by atoms with Crippen molar-refractivity contribution in [2.24, 2.45) is 0 Å². The number of likely N-dealkylation sites (N-methyl/N-ethyl adjacent to an activating group) is 1. The number of nitrogens with zero attached hydrogens (tertiary/aromatic N) is 2. The number of rotatable bonds is 8. The summed E-state index contributed by atoms with van der Waals surface area (Å²) in [6.07, 6.45) is 2.79. The monoisotopic (exact) mass is 377 g/mol. The number of nitrogens with one attached hydrogen (secondary N) is 1. The summed E-state index contributed by atoms with van der Waals surface area (Å²) >= 11 is 0. The van der Waals surface area contributed by atoms with Crippen molar-refractivity contribution in [3.8, 4) is 5.75 Å². The lowest BCUT2D eigenvalue weighted by molar-refractivity contribution is -0.138. The van der Waals surface area contributed by atoms with Crippen LogP contribution in [0.2, 0.25) is 0 Å². The summed E-state index contributed by atoms with van der Waals surface area (Å²) < 4.78 is 5.21. The fraction of sp³-hybridized carbons (Fsp3) is 0.600. The zero-order chi connectivity index (χ0) is 19.8. The maximum Gasteiger partial charge on any atom is 0.317 e. The van der Waals surface area contributed by atoms with Crippen molar-refractivity contribution in [2.45, 2.75) is 44.8 Å². The summed E-state index contributed by atoms with van der Waals surface area (Å²) in [7, 11) is 3.49. The number of ether oxygens (including phenoxy) is 1. The Labute approximate surface area is 161 Å². The SMILES string of the molecule is COc1cccc(CNC(=O)C(C)N2CCCC(N(C)CC(=O)O)CC2)c1. The Morgan fingerprint density at radius 1 is 1.37 bits per heavy atom. The van der Waals surface area contributed by atoms with E-state index in [2.05, 4.69) is 10.2 Å². The smallest absolute Gasteiger partial charge is 0.317 e. The Kier molecular flexibility index (Phi) is 8.06. The molecule has 0 saturated carbocycles. The molecule has 150 valence electrons. The van der Waals surface area contributed by atoms with Gasteiger partial charge in [-0.1, -0.05) is 12.1 Å². The molecule has 1 fully saturated rings. The molecule has 2 rings (SSSR count).